The summed E-state index contributed by atoms with van der Waals surface area (Å²) in [5.74, 6) is 2.40. The van der Waals surface area contributed by atoms with Crippen molar-refractivity contribution in [1.29, 1.82) is 0 Å². The van der Waals surface area contributed by atoms with Gasteiger partial charge in [0.2, 0.25) is 0 Å². The minimum Gasteiger partial charge on any atom is -0.497 e. The first-order valence-electron chi connectivity index (χ1n) is 6.90. The van der Waals surface area contributed by atoms with Gasteiger partial charge in [0.05, 0.1) is 14.2 Å². The van der Waals surface area contributed by atoms with Crippen molar-refractivity contribution in [2.75, 3.05) is 27.8 Å². The highest BCUT2D eigenvalue weighted by Gasteiger charge is 2.05. The van der Waals surface area contributed by atoms with Crippen LogP contribution in [0, 0.1) is 0 Å². The van der Waals surface area contributed by atoms with Crippen molar-refractivity contribution in [3.05, 3.63) is 23.8 Å². The van der Waals surface area contributed by atoms with E-state index in [9.17, 15) is 0 Å². The van der Waals surface area contributed by atoms with Crippen LogP contribution in [0.4, 0.5) is 0 Å². The zero-order valence-electron chi connectivity index (χ0n) is 12.8. The van der Waals surface area contributed by atoms with Gasteiger partial charge in [-0.25, -0.2) is 0 Å². The van der Waals surface area contributed by atoms with Crippen molar-refractivity contribution in [2.24, 2.45) is 4.99 Å². The zero-order valence-corrected chi connectivity index (χ0v) is 12.8. The second-order valence-electron chi connectivity index (χ2n) is 4.38. The van der Waals surface area contributed by atoms with Crippen LogP contribution in [0.25, 0.3) is 0 Å². The third kappa shape index (κ3) is 4.99. The van der Waals surface area contributed by atoms with Crippen LogP contribution < -0.4 is 20.1 Å². The largest absolute Gasteiger partial charge is 0.497 e. The Morgan fingerprint density at radius 2 is 2.00 bits per heavy atom. The molecule has 0 spiro atoms. The second kappa shape index (κ2) is 9.07. The molecule has 0 aliphatic rings. The normalized spacial score (nSPS) is 11.1. The highest BCUT2D eigenvalue weighted by atomic mass is 16.5. The fourth-order valence-corrected chi connectivity index (χ4v) is 1.78. The summed E-state index contributed by atoms with van der Waals surface area (Å²) < 4.78 is 10.6. The Balaban J connectivity index is 2.59. The van der Waals surface area contributed by atoms with Gasteiger partial charge in [-0.05, 0) is 18.6 Å². The van der Waals surface area contributed by atoms with Gasteiger partial charge in [0, 0.05) is 31.8 Å². The number of ether oxygens (including phenoxy) is 2. The lowest BCUT2D eigenvalue weighted by Gasteiger charge is -2.14. The topological polar surface area (TPSA) is 54.9 Å². The second-order valence-corrected chi connectivity index (χ2v) is 4.38. The van der Waals surface area contributed by atoms with Gasteiger partial charge in [0.25, 0.3) is 0 Å². The van der Waals surface area contributed by atoms with E-state index in [1.165, 1.54) is 0 Å². The van der Waals surface area contributed by atoms with Crippen LogP contribution in [0.2, 0.25) is 0 Å². The van der Waals surface area contributed by atoms with Crippen molar-refractivity contribution in [3.63, 3.8) is 0 Å². The highest BCUT2D eigenvalue weighted by molar-refractivity contribution is 5.79. The van der Waals surface area contributed by atoms with E-state index in [1.54, 1.807) is 21.3 Å². The predicted molar refractivity (Wildman–Crippen MR) is 82.7 cm³/mol. The molecule has 0 fully saturated rings. The SMILES string of the molecule is CCCCNC(=NC)NCc1ccc(OC)cc1OC. The molecule has 0 atom stereocenters. The van der Waals surface area contributed by atoms with E-state index in [4.69, 9.17) is 9.47 Å². The number of aliphatic imine (C=N–C) groups is 1. The third-order valence-electron chi connectivity index (χ3n) is 2.99. The van der Waals surface area contributed by atoms with Crippen LogP contribution >= 0.6 is 0 Å². The molecule has 0 unspecified atom stereocenters. The molecule has 0 aliphatic heterocycles. The maximum absolute atomic E-state index is 5.37. The van der Waals surface area contributed by atoms with Crippen LogP contribution in [-0.4, -0.2) is 33.8 Å². The minimum absolute atomic E-state index is 0.652. The maximum atomic E-state index is 5.37. The van der Waals surface area contributed by atoms with Gasteiger partial charge in [-0.3, -0.25) is 4.99 Å². The lowest BCUT2D eigenvalue weighted by molar-refractivity contribution is 0.390. The van der Waals surface area contributed by atoms with E-state index in [0.717, 1.165) is 42.4 Å². The Labute approximate surface area is 121 Å². The molecule has 0 saturated heterocycles. The summed E-state index contributed by atoms with van der Waals surface area (Å²) in [6.07, 6.45) is 2.29. The Morgan fingerprint density at radius 1 is 1.20 bits per heavy atom. The Bertz CT molecular complexity index is 433. The molecule has 2 N–H and O–H groups in total. The van der Waals surface area contributed by atoms with Gasteiger partial charge in [-0.2, -0.15) is 0 Å². The molecule has 1 aromatic rings. The summed E-state index contributed by atoms with van der Waals surface area (Å²) in [4.78, 5) is 4.19. The molecular weight excluding hydrogens is 254 g/mol. The van der Waals surface area contributed by atoms with E-state index in [1.807, 2.05) is 18.2 Å². The van der Waals surface area contributed by atoms with Crippen molar-refractivity contribution < 1.29 is 9.47 Å². The van der Waals surface area contributed by atoms with Gasteiger partial charge >= 0.3 is 0 Å². The summed E-state index contributed by atoms with van der Waals surface area (Å²) >= 11 is 0. The minimum atomic E-state index is 0.652. The maximum Gasteiger partial charge on any atom is 0.191 e. The van der Waals surface area contributed by atoms with Crippen LogP contribution in [-0.2, 0) is 6.54 Å². The molecule has 5 nitrogen and oxygen atoms in total. The number of rotatable bonds is 7. The molecule has 20 heavy (non-hydrogen) atoms. The van der Waals surface area contributed by atoms with E-state index in [0.29, 0.717) is 6.54 Å². The van der Waals surface area contributed by atoms with E-state index >= 15 is 0 Å². The number of guanidine groups is 1. The van der Waals surface area contributed by atoms with Crippen LogP contribution in [0.1, 0.15) is 25.3 Å². The van der Waals surface area contributed by atoms with Gasteiger partial charge in [0.15, 0.2) is 5.96 Å². The highest BCUT2D eigenvalue weighted by Crippen LogP contribution is 2.24. The fraction of sp³-hybridized carbons (Fsp3) is 0.533. The number of nitrogens with zero attached hydrogens (tertiary/aromatic N) is 1. The molecule has 0 heterocycles. The number of benzene rings is 1. The molecule has 1 rings (SSSR count). The molecular formula is C15H25N3O2. The molecule has 0 bridgehead atoms. The third-order valence-corrected chi connectivity index (χ3v) is 2.99. The average Bonchev–Trinajstić information content (AvgIpc) is 2.50. The van der Waals surface area contributed by atoms with Crippen molar-refractivity contribution in [3.8, 4) is 11.5 Å². The number of unbranched alkanes of at least 4 members (excludes halogenated alkanes) is 1. The average molecular weight is 279 g/mol. The summed E-state index contributed by atoms with van der Waals surface area (Å²) in [7, 11) is 5.07. The molecule has 0 amide bonds. The monoisotopic (exact) mass is 279 g/mol. The van der Waals surface area contributed by atoms with Crippen molar-refractivity contribution in [2.45, 2.75) is 26.3 Å². The molecule has 0 aromatic heterocycles. The summed E-state index contributed by atoms with van der Waals surface area (Å²) in [6, 6.07) is 5.79. The van der Waals surface area contributed by atoms with E-state index in [-0.39, 0.29) is 0 Å². The predicted octanol–water partition coefficient (Wildman–Crippen LogP) is 2.17. The molecule has 112 valence electrons. The smallest absolute Gasteiger partial charge is 0.191 e. The molecule has 0 aliphatic carbocycles. The number of nitrogens with one attached hydrogen (secondary N) is 2. The Morgan fingerprint density at radius 3 is 2.60 bits per heavy atom. The van der Waals surface area contributed by atoms with Crippen molar-refractivity contribution >= 4 is 5.96 Å². The number of hydrogen-bond donors (Lipinski definition) is 2. The zero-order chi connectivity index (χ0) is 14.8. The van der Waals surface area contributed by atoms with Crippen molar-refractivity contribution in [1.82, 2.24) is 10.6 Å². The lowest BCUT2D eigenvalue weighted by atomic mass is 10.2. The first-order valence-corrected chi connectivity index (χ1v) is 6.90. The lowest BCUT2D eigenvalue weighted by Crippen LogP contribution is -2.37. The first-order chi connectivity index (χ1) is 9.74. The van der Waals surface area contributed by atoms with E-state index in [2.05, 4.69) is 22.5 Å². The van der Waals surface area contributed by atoms with Crippen LogP contribution in [0.5, 0.6) is 11.5 Å². The molecule has 5 heteroatoms. The van der Waals surface area contributed by atoms with Gasteiger partial charge in [-0.1, -0.05) is 13.3 Å². The molecule has 0 radical (unpaired) electrons. The fourth-order valence-electron chi connectivity index (χ4n) is 1.78. The Hall–Kier alpha value is -1.91. The van der Waals surface area contributed by atoms with Crippen LogP contribution in [0.15, 0.2) is 23.2 Å². The summed E-state index contributed by atoms with van der Waals surface area (Å²) in [5.41, 5.74) is 1.06. The van der Waals surface area contributed by atoms with Gasteiger partial charge < -0.3 is 20.1 Å². The number of methoxy groups -OCH3 is 2. The standard InChI is InChI=1S/C15H25N3O2/c1-5-6-9-17-15(16-2)18-11-12-7-8-13(19-3)10-14(12)20-4/h7-8,10H,5-6,9,11H2,1-4H3,(H2,16,17,18). The quantitative estimate of drug-likeness (QED) is 0.456. The molecule has 0 saturated carbocycles. The summed E-state index contributed by atoms with van der Waals surface area (Å²) in [5, 5.41) is 6.55. The first kappa shape index (κ1) is 16.1. The Kier molecular flexibility index (Phi) is 7.32. The van der Waals surface area contributed by atoms with Gasteiger partial charge in [-0.15, -0.1) is 0 Å². The molecule has 1 aromatic carbocycles. The van der Waals surface area contributed by atoms with Crippen LogP contribution in [0.3, 0.4) is 0 Å². The van der Waals surface area contributed by atoms with E-state index < -0.39 is 0 Å². The number of hydrogen-bond acceptors (Lipinski definition) is 3. The van der Waals surface area contributed by atoms with Gasteiger partial charge in [0.1, 0.15) is 11.5 Å². The summed E-state index contributed by atoms with van der Waals surface area (Å²) in [6.45, 7) is 3.75.